The molecule has 0 aliphatic heterocycles. The summed E-state index contributed by atoms with van der Waals surface area (Å²) in [5.74, 6) is 0.711. The number of hydrogen-bond acceptors (Lipinski definition) is 4. The summed E-state index contributed by atoms with van der Waals surface area (Å²) in [5, 5.41) is 9.28. The van der Waals surface area contributed by atoms with Crippen LogP contribution in [0, 0.1) is 13.8 Å². The molecule has 0 unspecified atom stereocenters. The molecule has 2 amide bonds. The number of carbonyl (C=O) groups is 1. The van der Waals surface area contributed by atoms with Gasteiger partial charge in [0.05, 0.1) is 5.69 Å². The van der Waals surface area contributed by atoms with Crippen LogP contribution in [0.5, 0.6) is 5.75 Å². The molecule has 0 radical (unpaired) electrons. The Morgan fingerprint density at radius 3 is 2.41 bits per heavy atom. The molecule has 0 aliphatic carbocycles. The number of ether oxygens (including phenoxy) is 1. The maximum Gasteiger partial charge on any atom is 0.387 e. The molecule has 0 bridgehead atoms. The van der Waals surface area contributed by atoms with Gasteiger partial charge in [0, 0.05) is 16.9 Å². The van der Waals surface area contributed by atoms with Gasteiger partial charge in [0.25, 0.3) is 0 Å². The average Bonchev–Trinajstić information content (AvgIpc) is 2.95. The van der Waals surface area contributed by atoms with Crippen molar-refractivity contribution in [2.24, 2.45) is 0 Å². The van der Waals surface area contributed by atoms with Crippen LogP contribution in [0.3, 0.4) is 0 Å². The second kappa shape index (κ2) is 7.86. The fourth-order valence-electron chi connectivity index (χ4n) is 2.66. The van der Waals surface area contributed by atoms with Crippen molar-refractivity contribution < 1.29 is 22.8 Å². The van der Waals surface area contributed by atoms with Crippen LogP contribution in [0.15, 0.2) is 53.1 Å². The summed E-state index contributed by atoms with van der Waals surface area (Å²) in [6.07, 6.45) is 0. The molecule has 8 heteroatoms. The number of nitrogens with zero attached hydrogens (tertiary/aromatic N) is 1. The van der Waals surface area contributed by atoms with Crippen LogP contribution in [0.1, 0.15) is 11.5 Å². The van der Waals surface area contributed by atoms with E-state index in [0.29, 0.717) is 17.1 Å². The summed E-state index contributed by atoms with van der Waals surface area (Å²) < 4.78 is 33.7. The number of urea groups is 1. The molecule has 27 heavy (non-hydrogen) atoms. The molecular weight excluding hydrogens is 356 g/mol. The van der Waals surface area contributed by atoms with Gasteiger partial charge >= 0.3 is 12.6 Å². The number of aromatic nitrogens is 1. The van der Waals surface area contributed by atoms with Crippen molar-refractivity contribution in [1.29, 1.82) is 0 Å². The highest BCUT2D eigenvalue weighted by Crippen LogP contribution is 2.28. The Hall–Kier alpha value is -3.42. The normalized spacial score (nSPS) is 10.7. The SMILES string of the molecule is Cc1noc(C)c1-c1cccc(NC(=O)Nc2ccc(OC(F)F)cc2)c1. The zero-order valence-electron chi connectivity index (χ0n) is 14.6. The van der Waals surface area contributed by atoms with Crippen LogP contribution in [-0.4, -0.2) is 17.8 Å². The number of benzene rings is 2. The zero-order chi connectivity index (χ0) is 19.4. The van der Waals surface area contributed by atoms with E-state index in [1.54, 1.807) is 6.07 Å². The summed E-state index contributed by atoms with van der Waals surface area (Å²) in [6.45, 7) is 0.779. The molecule has 0 atom stereocenters. The van der Waals surface area contributed by atoms with Crippen molar-refractivity contribution in [2.75, 3.05) is 10.6 Å². The van der Waals surface area contributed by atoms with Gasteiger partial charge in [-0.1, -0.05) is 17.3 Å². The van der Waals surface area contributed by atoms with Gasteiger partial charge in [-0.25, -0.2) is 4.79 Å². The summed E-state index contributed by atoms with van der Waals surface area (Å²) in [6, 6.07) is 12.4. The van der Waals surface area contributed by atoms with E-state index in [-0.39, 0.29) is 5.75 Å². The first-order valence-electron chi connectivity index (χ1n) is 8.08. The number of aryl methyl sites for hydroxylation is 2. The number of alkyl halides is 2. The Morgan fingerprint density at radius 2 is 1.78 bits per heavy atom. The third-order valence-electron chi connectivity index (χ3n) is 3.78. The van der Waals surface area contributed by atoms with E-state index in [0.717, 1.165) is 16.8 Å². The van der Waals surface area contributed by atoms with Crippen LogP contribution >= 0.6 is 0 Å². The van der Waals surface area contributed by atoms with E-state index in [9.17, 15) is 13.6 Å². The van der Waals surface area contributed by atoms with Crippen LogP contribution in [0.25, 0.3) is 11.1 Å². The van der Waals surface area contributed by atoms with Crippen LogP contribution in [0.2, 0.25) is 0 Å². The van der Waals surface area contributed by atoms with Crippen LogP contribution in [0.4, 0.5) is 25.0 Å². The fourth-order valence-corrected chi connectivity index (χ4v) is 2.66. The third-order valence-corrected chi connectivity index (χ3v) is 3.78. The molecule has 1 heterocycles. The molecule has 0 spiro atoms. The van der Waals surface area contributed by atoms with Gasteiger partial charge < -0.3 is 19.9 Å². The monoisotopic (exact) mass is 373 g/mol. The number of amides is 2. The maximum atomic E-state index is 12.2. The number of hydrogen-bond donors (Lipinski definition) is 2. The lowest BCUT2D eigenvalue weighted by Gasteiger charge is -2.10. The Labute approximate surface area is 154 Å². The van der Waals surface area contributed by atoms with E-state index in [4.69, 9.17) is 4.52 Å². The van der Waals surface area contributed by atoms with Crippen LogP contribution < -0.4 is 15.4 Å². The quantitative estimate of drug-likeness (QED) is 0.644. The van der Waals surface area contributed by atoms with Crippen molar-refractivity contribution in [3.8, 4) is 16.9 Å². The Morgan fingerprint density at radius 1 is 1.07 bits per heavy atom. The minimum atomic E-state index is -2.89. The molecule has 3 aromatic rings. The predicted octanol–water partition coefficient (Wildman–Crippen LogP) is 5.20. The summed E-state index contributed by atoms with van der Waals surface area (Å²) >= 11 is 0. The van der Waals surface area contributed by atoms with Gasteiger partial charge in [0.2, 0.25) is 0 Å². The predicted molar refractivity (Wildman–Crippen MR) is 97.1 cm³/mol. The van der Waals surface area contributed by atoms with E-state index < -0.39 is 12.6 Å². The lowest BCUT2D eigenvalue weighted by molar-refractivity contribution is -0.0498. The van der Waals surface area contributed by atoms with Crippen molar-refractivity contribution in [3.05, 3.63) is 60.0 Å². The molecule has 0 aliphatic rings. The minimum absolute atomic E-state index is 0.0168. The highest BCUT2D eigenvalue weighted by atomic mass is 19.3. The molecular formula is C19H17F2N3O3. The third kappa shape index (κ3) is 4.60. The molecule has 140 valence electrons. The van der Waals surface area contributed by atoms with E-state index in [1.807, 2.05) is 32.0 Å². The highest BCUT2D eigenvalue weighted by molar-refractivity contribution is 6.00. The molecule has 0 saturated carbocycles. The first-order valence-corrected chi connectivity index (χ1v) is 8.08. The molecule has 6 nitrogen and oxygen atoms in total. The molecule has 2 N–H and O–H groups in total. The first-order chi connectivity index (χ1) is 12.9. The second-order valence-corrected chi connectivity index (χ2v) is 5.76. The smallest absolute Gasteiger partial charge is 0.387 e. The number of anilines is 2. The van der Waals surface area contributed by atoms with Crippen molar-refractivity contribution in [3.63, 3.8) is 0 Å². The second-order valence-electron chi connectivity index (χ2n) is 5.76. The van der Waals surface area contributed by atoms with Crippen molar-refractivity contribution in [1.82, 2.24) is 5.16 Å². The van der Waals surface area contributed by atoms with E-state index in [2.05, 4.69) is 20.5 Å². The number of nitrogens with one attached hydrogen (secondary N) is 2. The van der Waals surface area contributed by atoms with Gasteiger partial charge in [-0.3, -0.25) is 0 Å². The fraction of sp³-hybridized carbons (Fsp3) is 0.158. The van der Waals surface area contributed by atoms with Crippen LogP contribution in [-0.2, 0) is 0 Å². The average molecular weight is 373 g/mol. The topological polar surface area (TPSA) is 76.4 Å². The van der Waals surface area contributed by atoms with Crippen molar-refractivity contribution >= 4 is 17.4 Å². The molecule has 2 aromatic carbocycles. The Bertz CT molecular complexity index is 920. The zero-order valence-corrected chi connectivity index (χ0v) is 14.6. The first kappa shape index (κ1) is 18.4. The molecule has 0 saturated heterocycles. The molecule has 3 rings (SSSR count). The maximum absolute atomic E-state index is 12.2. The standard InChI is InChI=1S/C19H17F2N3O3/c1-11-17(12(2)27-24-11)13-4-3-5-15(10-13)23-19(25)22-14-6-8-16(9-7-14)26-18(20)21/h3-10,18H,1-2H3,(H2,22,23,25). The molecule has 0 fully saturated rings. The summed E-state index contributed by atoms with van der Waals surface area (Å²) in [7, 11) is 0. The highest BCUT2D eigenvalue weighted by Gasteiger charge is 2.12. The number of halogens is 2. The summed E-state index contributed by atoms with van der Waals surface area (Å²) in [5.41, 5.74) is 3.55. The van der Waals surface area contributed by atoms with Gasteiger partial charge in [0.15, 0.2) is 0 Å². The van der Waals surface area contributed by atoms with Gasteiger partial charge in [0.1, 0.15) is 11.5 Å². The van der Waals surface area contributed by atoms with Crippen molar-refractivity contribution in [2.45, 2.75) is 20.5 Å². The van der Waals surface area contributed by atoms with Gasteiger partial charge in [-0.15, -0.1) is 0 Å². The lowest BCUT2D eigenvalue weighted by Crippen LogP contribution is -2.19. The van der Waals surface area contributed by atoms with Gasteiger partial charge in [-0.05, 0) is 55.8 Å². The number of carbonyl (C=O) groups excluding carboxylic acids is 1. The summed E-state index contributed by atoms with van der Waals surface area (Å²) in [4.78, 5) is 12.2. The Balaban J connectivity index is 1.67. The lowest BCUT2D eigenvalue weighted by atomic mass is 10.0. The largest absolute Gasteiger partial charge is 0.435 e. The van der Waals surface area contributed by atoms with E-state index in [1.165, 1.54) is 24.3 Å². The van der Waals surface area contributed by atoms with Gasteiger partial charge in [-0.2, -0.15) is 8.78 Å². The number of rotatable bonds is 5. The molecule has 1 aromatic heterocycles. The Kier molecular flexibility index (Phi) is 5.35. The van der Waals surface area contributed by atoms with E-state index >= 15 is 0 Å². The minimum Gasteiger partial charge on any atom is -0.435 e.